The van der Waals surface area contributed by atoms with E-state index in [-0.39, 0.29) is 24.5 Å². The summed E-state index contributed by atoms with van der Waals surface area (Å²) in [6.45, 7) is 1.45. The summed E-state index contributed by atoms with van der Waals surface area (Å²) in [4.78, 5) is 13.7. The molecule has 6 heteroatoms. The number of urea groups is 1. The highest BCUT2D eigenvalue weighted by atomic mass is 35.5. The van der Waals surface area contributed by atoms with Crippen LogP contribution in [-0.2, 0) is 0 Å². The predicted molar refractivity (Wildman–Crippen MR) is 76.5 cm³/mol. The van der Waals surface area contributed by atoms with E-state index in [0.717, 1.165) is 31.6 Å². The summed E-state index contributed by atoms with van der Waals surface area (Å²) in [6.07, 6.45) is 1.74. The predicted octanol–water partition coefficient (Wildman–Crippen LogP) is 2.72. The Morgan fingerprint density at radius 1 is 1.28 bits per heavy atom. The van der Waals surface area contributed by atoms with Gasteiger partial charge >= 0.3 is 6.03 Å². The molecular weight excluding hydrogens is 273 g/mol. The molecule has 0 spiro atoms. The van der Waals surface area contributed by atoms with Crippen LogP contribution in [-0.4, -0.2) is 30.1 Å². The van der Waals surface area contributed by atoms with Crippen molar-refractivity contribution >= 4 is 35.7 Å². The fourth-order valence-electron chi connectivity index (χ4n) is 1.84. The second kappa shape index (κ2) is 6.83. The van der Waals surface area contributed by atoms with E-state index in [9.17, 15) is 4.79 Å². The van der Waals surface area contributed by atoms with Crippen LogP contribution in [0.25, 0.3) is 0 Å². The number of carbonyl (C=O) groups is 1. The van der Waals surface area contributed by atoms with Gasteiger partial charge in [-0.1, -0.05) is 11.6 Å². The van der Waals surface area contributed by atoms with Crippen molar-refractivity contribution in [3.63, 3.8) is 0 Å². The van der Waals surface area contributed by atoms with Crippen molar-refractivity contribution in [2.45, 2.75) is 18.9 Å². The number of rotatable bonds is 1. The Balaban J connectivity index is 0.00000162. The number of benzene rings is 1. The molecule has 1 saturated heterocycles. The maximum Gasteiger partial charge on any atom is 0.321 e. The van der Waals surface area contributed by atoms with Gasteiger partial charge in [-0.3, -0.25) is 0 Å². The lowest BCUT2D eigenvalue weighted by atomic mass is 10.1. The molecule has 1 aromatic rings. The maximum absolute atomic E-state index is 11.9. The minimum absolute atomic E-state index is 0. The highest BCUT2D eigenvalue weighted by Gasteiger charge is 2.20. The summed E-state index contributed by atoms with van der Waals surface area (Å²) in [5.41, 5.74) is 6.55. The van der Waals surface area contributed by atoms with Gasteiger partial charge in [0.25, 0.3) is 0 Å². The van der Waals surface area contributed by atoms with Crippen LogP contribution in [0.5, 0.6) is 0 Å². The highest BCUT2D eigenvalue weighted by Crippen LogP contribution is 2.15. The van der Waals surface area contributed by atoms with E-state index in [2.05, 4.69) is 5.32 Å². The van der Waals surface area contributed by atoms with E-state index in [4.69, 9.17) is 17.3 Å². The first-order valence-electron chi connectivity index (χ1n) is 5.72. The fourth-order valence-corrected chi connectivity index (χ4v) is 1.96. The lowest BCUT2D eigenvalue weighted by Crippen LogP contribution is -2.44. The number of likely N-dealkylation sites (tertiary alicyclic amines) is 1. The minimum Gasteiger partial charge on any atom is -0.328 e. The average Bonchev–Trinajstić information content (AvgIpc) is 2.33. The SMILES string of the molecule is Cl.NC1CCN(C(=O)Nc2ccc(Cl)cc2)CC1. The Labute approximate surface area is 118 Å². The molecule has 1 heterocycles. The molecule has 0 aromatic heterocycles. The zero-order valence-electron chi connectivity index (χ0n) is 9.93. The van der Waals surface area contributed by atoms with Crippen molar-refractivity contribution in [1.29, 1.82) is 0 Å². The van der Waals surface area contributed by atoms with Gasteiger partial charge in [0.05, 0.1) is 0 Å². The summed E-state index contributed by atoms with van der Waals surface area (Å²) in [7, 11) is 0. The van der Waals surface area contributed by atoms with Crippen LogP contribution in [0, 0.1) is 0 Å². The van der Waals surface area contributed by atoms with Crippen molar-refractivity contribution in [3.05, 3.63) is 29.3 Å². The largest absolute Gasteiger partial charge is 0.328 e. The lowest BCUT2D eigenvalue weighted by molar-refractivity contribution is 0.195. The van der Waals surface area contributed by atoms with E-state index in [1.807, 2.05) is 0 Å². The first-order chi connectivity index (χ1) is 8.15. The van der Waals surface area contributed by atoms with E-state index in [1.54, 1.807) is 29.2 Å². The Kier molecular flexibility index (Phi) is 5.72. The van der Waals surface area contributed by atoms with Gasteiger partial charge in [-0.05, 0) is 37.1 Å². The second-order valence-corrected chi connectivity index (χ2v) is 4.70. The highest BCUT2D eigenvalue weighted by molar-refractivity contribution is 6.30. The normalized spacial score (nSPS) is 16.0. The molecule has 0 radical (unpaired) electrons. The van der Waals surface area contributed by atoms with Gasteiger partial charge in [-0.25, -0.2) is 4.79 Å². The quantitative estimate of drug-likeness (QED) is 0.835. The number of piperidine rings is 1. The third-order valence-corrected chi connectivity index (χ3v) is 3.17. The van der Waals surface area contributed by atoms with Crippen LogP contribution in [0.4, 0.5) is 10.5 Å². The lowest BCUT2D eigenvalue weighted by Gasteiger charge is -2.30. The van der Waals surface area contributed by atoms with Gasteiger partial charge in [0, 0.05) is 29.8 Å². The van der Waals surface area contributed by atoms with Crippen molar-refractivity contribution in [1.82, 2.24) is 4.90 Å². The van der Waals surface area contributed by atoms with Crippen LogP contribution in [0.2, 0.25) is 5.02 Å². The third-order valence-electron chi connectivity index (χ3n) is 2.92. The summed E-state index contributed by atoms with van der Waals surface area (Å²) in [5.74, 6) is 0. The average molecular weight is 290 g/mol. The number of amides is 2. The molecule has 4 nitrogen and oxygen atoms in total. The maximum atomic E-state index is 11.9. The fraction of sp³-hybridized carbons (Fsp3) is 0.417. The number of halogens is 2. The molecule has 1 aliphatic heterocycles. The molecule has 18 heavy (non-hydrogen) atoms. The number of anilines is 1. The second-order valence-electron chi connectivity index (χ2n) is 4.26. The minimum atomic E-state index is -0.0702. The molecule has 0 saturated carbocycles. The van der Waals surface area contributed by atoms with Gasteiger partial charge in [-0.2, -0.15) is 0 Å². The van der Waals surface area contributed by atoms with Crippen LogP contribution >= 0.6 is 24.0 Å². The third kappa shape index (κ3) is 4.05. The van der Waals surface area contributed by atoms with Gasteiger partial charge in [-0.15, -0.1) is 12.4 Å². The van der Waals surface area contributed by atoms with E-state index in [1.165, 1.54) is 0 Å². The monoisotopic (exact) mass is 289 g/mol. The molecule has 2 rings (SSSR count). The molecule has 1 aromatic carbocycles. The van der Waals surface area contributed by atoms with E-state index < -0.39 is 0 Å². The molecule has 1 fully saturated rings. The zero-order chi connectivity index (χ0) is 12.3. The van der Waals surface area contributed by atoms with Crippen LogP contribution in [0.1, 0.15) is 12.8 Å². The summed E-state index contributed by atoms with van der Waals surface area (Å²) >= 11 is 5.78. The van der Waals surface area contributed by atoms with E-state index in [0.29, 0.717) is 5.02 Å². The Bertz CT molecular complexity index is 389. The molecule has 1 aliphatic rings. The first kappa shape index (κ1) is 15.1. The standard InChI is InChI=1S/C12H16ClN3O.ClH/c13-9-1-3-11(4-2-9)15-12(17)16-7-5-10(14)6-8-16;/h1-4,10H,5-8,14H2,(H,15,17);1H. The van der Waals surface area contributed by atoms with Crippen LogP contribution in [0.15, 0.2) is 24.3 Å². The molecule has 0 unspecified atom stereocenters. The van der Waals surface area contributed by atoms with Crippen LogP contribution in [0.3, 0.4) is 0 Å². The topological polar surface area (TPSA) is 58.4 Å². The van der Waals surface area contributed by atoms with Crippen molar-refractivity contribution in [2.75, 3.05) is 18.4 Å². The number of nitrogens with one attached hydrogen (secondary N) is 1. The summed E-state index contributed by atoms with van der Waals surface area (Å²) in [5, 5.41) is 3.50. The molecule has 0 bridgehead atoms. The number of hydrogen-bond donors (Lipinski definition) is 2. The summed E-state index contributed by atoms with van der Waals surface area (Å²) in [6, 6.07) is 7.24. The molecule has 0 atom stereocenters. The molecular formula is C12H17Cl2N3O. The van der Waals surface area contributed by atoms with Gasteiger partial charge < -0.3 is 16.0 Å². The van der Waals surface area contributed by atoms with Gasteiger partial charge in [0.1, 0.15) is 0 Å². The molecule has 3 N–H and O–H groups in total. The molecule has 2 amide bonds. The Morgan fingerprint density at radius 3 is 2.39 bits per heavy atom. The molecule has 100 valence electrons. The van der Waals surface area contributed by atoms with Gasteiger partial charge in [0.15, 0.2) is 0 Å². The van der Waals surface area contributed by atoms with Crippen molar-refractivity contribution < 1.29 is 4.79 Å². The van der Waals surface area contributed by atoms with E-state index >= 15 is 0 Å². The smallest absolute Gasteiger partial charge is 0.321 e. The van der Waals surface area contributed by atoms with Gasteiger partial charge in [0.2, 0.25) is 0 Å². The Hall–Kier alpha value is -0.970. The van der Waals surface area contributed by atoms with Crippen molar-refractivity contribution in [2.24, 2.45) is 5.73 Å². The first-order valence-corrected chi connectivity index (χ1v) is 6.10. The Morgan fingerprint density at radius 2 is 1.83 bits per heavy atom. The number of nitrogens with two attached hydrogens (primary N) is 1. The molecule has 0 aliphatic carbocycles. The zero-order valence-corrected chi connectivity index (χ0v) is 11.5. The number of hydrogen-bond acceptors (Lipinski definition) is 2. The van der Waals surface area contributed by atoms with Crippen LogP contribution < -0.4 is 11.1 Å². The summed E-state index contributed by atoms with van der Waals surface area (Å²) < 4.78 is 0. The number of nitrogens with zero attached hydrogens (tertiary/aromatic N) is 1. The number of carbonyl (C=O) groups excluding carboxylic acids is 1. The van der Waals surface area contributed by atoms with Crippen molar-refractivity contribution in [3.8, 4) is 0 Å².